The van der Waals surface area contributed by atoms with Gasteiger partial charge in [0.1, 0.15) is 11.1 Å². The fourth-order valence-electron chi connectivity index (χ4n) is 5.10. The van der Waals surface area contributed by atoms with Crippen LogP contribution in [0.2, 0.25) is 0 Å². The predicted octanol–water partition coefficient (Wildman–Crippen LogP) is 3.78. The second kappa shape index (κ2) is 10.5. The van der Waals surface area contributed by atoms with Crippen LogP contribution in [0, 0.1) is 23.8 Å². The van der Waals surface area contributed by atoms with Crippen molar-refractivity contribution in [3.05, 3.63) is 82.8 Å². The molecule has 1 aliphatic carbocycles. The van der Waals surface area contributed by atoms with Gasteiger partial charge in [-0.2, -0.15) is 10.4 Å². The fourth-order valence-corrected chi connectivity index (χ4v) is 5.10. The molecule has 38 heavy (non-hydrogen) atoms. The number of rotatable bonds is 8. The summed E-state index contributed by atoms with van der Waals surface area (Å²) in [6.45, 7) is 9.91. The van der Waals surface area contributed by atoms with Crippen LogP contribution in [0.1, 0.15) is 47.2 Å². The van der Waals surface area contributed by atoms with Gasteiger partial charge < -0.3 is 15.9 Å². The van der Waals surface area contributed by atoms with Crippen molar-refractivity contribution in [2.24, 2.45) is 11.7 Å². The van der Waals surface area contributed by atoms with Crippen LogP contribution in [0.25, 0.3) is 16.0 Å². The highest BCUT2D eigenvalue weighted by atomic mass is 16.2. The number of carbonyl (C=O) groups excluding carboxylic acids is 2. The first-order chi connectivity index (χ1) is 18.4. The van der Waals surface area contributed by atoms with Gasteiger partial charge in [-0.3, -0.25) is 19.2 Å². The highest BCUT2D eigenvalue weighted by Crippen LogP contribution is 2.34. The van der Waals surface area contributed by atoms with Crippen molar-refractivity contribution in [3.8, 4) is 17.2 Å². The average Bonchev–Trinajstić information content (AvgIpc) is 3.70. The number of aromatic nitrogens is 2. The molecule has 1 saturated heterocycles. The molecule has 0 radical (unpaired) electrons. The Morgan fingerprint density at radius 3 is 2.55 bits per heavy atom. The molecular formula is C29H29N7O2. The maximum Gasteiger partial charge on any atom is 0.254 e. The van der Waals surface area contributed by atoms with Gasteiger partial charge in [-0.05, 0) is 48.4 Å². The van der Waals surface area contributed by atoms with Gasteiger partial charge in [0.2, 0.25) is 12.5 Å². The number of nitrogens with two attached hydrogens (primary N) is 1. The van der Waals surface area contributed by atoms with E-state index in [9.17, 15) is 14.9 Å². The number of carbonyl (C=O) groups is 2. The predicted molar refractivity (Wildman–Crippen MR) is 143 cm³/mol. The third-order valence-corrected chi connectivity index (χ3v) is 7.51. The zero-order valence-corrected chi connectivity index (χ0v) is 21.1. The molecular weight excluding hydrogens is 478 g/mol. The Bertz CT molecular complexity index is 1440. The maximum absolute atomic E-state index is 12.3. The van der Waals surface area contributed by atoms with Crippen molar-refractivity contribution in [2.45, 2.75) is 37.8 Å². The minimum Gasteiger partial charge on any atom is -0.365 e. The van der Waals surface area contributed by atoms with Crippen molar-refractivity contribution in [3.63, 3.8) is 0 Å². The van der Waals surface area contributed by atoms with Crippen LogP contribution in [0.5, 0.6) is 0 Å². The van der Waals surface area contributed by atoms with Gasteiger partial charge in [0.05, 0.1) is 11.6 Å². The Hall–Kier alpha value is -4.47. The van der Waals surface area contributed by atoms with Crippen LogP contribution in [-0.2, 0) is 16.9 Å². The Morgan fingerprint density at radius 2 is 1.92 bits per heavy atom. The average molecular weight is 508 g/mol. The second-order valence-electron chi connectivity index (χ2n) is 10.1. The first-order valence-electron chi connectivity index (χ1n) is 12.8. The van der Waals surface area contributed by atoms with E-state index < -0.39 is 11.4 Å². The SMILES string of the molecule is [C-]#[N+]CC1(n2cc(C(N)=O)c(NC(=O)C3CC3)n2)CCN(Cc2ccc(-c3ccccc3)c(C#N)c2)CC1. The number of amides is 2. The Morgan fingerprint density at radius 1 is 1.18 bits per heavy atom. The first kappa shape index (κ1) is 25.2. The van der Waals surface area contributed by atoms with Gasteiger partial charge in [0.25, 0.3) is 5.91 Å². The van der Waals surface area contributed by atoms with Crippen LogP contribution in [-0.4, -0.2) is 46.1 Å². The number of piperidine rings is 1. The minimum absolute atomic E-state index is 0.0374. The van der Waals surface area contributed by atoms with Crippen LogP contribution in [0.3, 0.4) is 0 Å². The number of nitrogens with zero attached hydrogens (tertiary/aromatic N) is 5. The number of hydrogen-bond acceptors (Lipinski definition) is 5. The van der Waals surface area contributed by atoms with Crippen molar-refractivity contribution in [2.75, 3.05) is 25.0 Å². The Kier molecular flexibility index (Phi) is 6.95. The summed E-state index contributed by atoms with van der Waals surface area (Å²) in [5.74, 6) is -0.680. The number of primary amides is 1. The zero-order chi connectivity index (χ0) is 26.7. The van der Waals surface area contributed by atoms with E-state index in [0.29, 0.717) is 38.0 Å². The number of benzene rings is 2. The molecule has 0 spiro atoms. The lowest BCUT2D eigenvalue weighted by Gasteiger charge is -2.38. The largest absolute Gasteiger partial charge is 0.365 e. The van der Waals surface area contributed by atoms with E-state index >= 15 is 0 Å². The van der Waals surface area contributed by atoms with Crippen molar-refractivity contribution in [1.29, 1.82) is 5.26 Å². The molecule has 0 atom stereocenters. The number of likely N-dealkylation sites (tertiary alicyclic amines) is 1. The highest BCUT2D eigenvalue weighted by Gasteiger charge is 2.41. The number of nitrogens with one attached hydrogen (secondary N) is 1. The zero-order valence-electron chi connectivity index (χ0n) is 21.1. The van der Waals surface area contributed by atoms with E-state index in [-0.39, 0.29) is 29.8 Å². The van der Waals surface area contributed by atoms with E-state index in [1.807, 2.05) is 42.5 Å². The smallest absolute Gasteiger partial charge is 0.254 e. The van der Waals surface area contributed by atoms with Crippen molar-refractivity contribution in [1.82, 2.24) is 14.7 Å². The summed E-state index contributed by atoms with van der Waals surface area (Å²) in [4.78, 5) is 30.4. The monoisotopic (exact) mass is 507 g/mol. The first-order valence-corrected chi connectivity index (χ1v) is 12.8. The minimum atomic E-state index is -0.662. The molecule has 3 N–H and O–H groups in total. The summed E-state index contributed by atoms with van der Waals surface area (Å²) < 4.78 is 1.67. The molecule has 192 valence electrons. The van der Waals surface area contributed by atoms with Gasteiger partial charge in [0.15, 0.2) is 5.82 Å². The molecule has 3 aromatic rings. The van der Waals surface area contributed by atoms with E-state index in [4.69, 9.17) is 12.3 Å². The molecule has 2 amide bonds. The Balaban J connectivity index is 1.31. The molecule has 1 aliphatic heterocycles. The fraction of sp³-hybridized carbons (Fsp3) is 0.345. The maximum atomic E-state index is 12.3. The number of hydrogen-bond donors (Lipinski definition) is 2. The normalized spacial score (nSPS) is 16.8. The van der Waals surface area contributed by atoms with Crippen molar-refractivity contribution >= 4 is 17.6 Å². The molecule has 2 aromatic carbocycles. The lowest BCUT2D eigenvalue weighted by Crippen LogP contribution is -2.48. The van der Waals surface area contributed by atoms with Gasteiger partial charge in [0, 0.05) is 31.7 Å². The quantitative estimate of drug-likeness (QED) is 0.450. The molecule has 1 aromatic heterocycles. The third kappa shape index (κ3) is 5.15. The molecule has 9 nitrogen and oxygen atoms in total. The van der Waals surface area contributed by atoms with E-state index in [2.05, 4.69) is 32.3 Å². The van der Waals surface area contributed by atoms with E-state index in [0.717, 1.165) is 29.5 Å². The lowest BCUT2D eigenvalue weighted by atomic mass is 9.87. The summed E-state index contributed by atoms with van der Waals surface area (Å²) in [5, 5.41) is 17.1. The Labute approximate surface area is 221 Å². The molecule has 1 saturated carbocycles. The van der Waals surface area contributed by atoms with Crippen LogP contribution in [0.15, 0.2) is 54.7 Å². The van der Waals surface area contributed by atoms with Crippen molar-refractivity contribution < 1.29 is 9.59 Å². The van der Waals surface area contributed by atoms with Gasteiger partial charge in [-0.1, -0.05) is 42.5 Å². The van der Waals surface area contributed by atoms with E-state index in [1.165, 1.54) is 0 Å². The molecule has 5 rings (SSSR count). The summed E-state index contributed by atoms with van der Waals surface area (Å²) >= 11 is 0. The summed E-state index contributed by atoms with van der Waals surface area (Å²) in [5.41, 5.74) is 8.78. The van der Waals surface area contributed by atoms with E-state index in [1.54, 1.807) is 10.9 Å². The molecule has 0 unspecified atom stereocenters. The van der Waals surface area contributed by atoms with Crippen LogP contribution < -0.4 is 11.1 Å². The summed E-state index contributed by atoms with van der Waals surface area (Å²) in [7, 11) is 0. The lowest BCUT2D eigenvalue weighted by molar-refractivity contribution is -0.117. The number of nitriles is 1. The summed E-state index contributed by atoms with van der Waals surface area (Å²) in [6.07, 6.45) is 4.55. The molecule has 2 fully saturated rings. The van der Waals surface area contributed by atoms with Crippen LogP contribution in [0.4, 0.5) is 5.82 Å². The molecule has 9 heteroatoms. The highest BCUT2D eigenvalue weighted by molar-refractivity contribution is 6.02. The number of anilines is 1. The van der Waals surface area contributed by atoms with Gasteiger partial charge in [-0.15, -0.1) is 0 Å². The standard InChI is InChI=1S/C29H29N7O2/c1-32-19-29(36-18-25(26(31)37)27(34-36)33-28(38)22-8-9-22)11-13-35(14-12-29)17-20-7-10-24(23(15-20)16-30)21-5-3-2-4-6-21/h2-7,10,15,18,22H,8-9,11-14,17,19H2,(H2,31,37)(H,33,34,38). The second-order valence-corrected chi connectivity index (χ2v) is 10.1. The third-order valence-electron chi connectivity index (χ3n) is 7.51. The molecule has 2 aliphatic rings. The molecule has 0 bridgehead atoms. The summed E-state index contributed by atoms with van der Waals surface area (Å²) in [6, 6.07) is 18.2. The van der Waals surface area contributed by atoms with Crippen LogP contribution >= 0.6 is 0 Å². The topological polar surface area (TPSA) is 121 Å². The molecule has 2 heterocycles. The van der Waals surface area contributed by atoms with Gasteiger partial charge in [-0.25, -0.2) is 6.57 Å². The van der Waals surface area contributed by atoms with Gasteiger partial charge >= 0.3 is 0 Å².